The zero-order valence-electron chi connectivity index (χ0n) is 11.2. The zero-order chi connectivity index (χ0) is 14.3. The molecule has 0 amide bonds. The summed E-state index contributed by atoms with van der Waals surface area (Å²) >= 11 is 0. The molecule has 0 aliphatic rings. The summed E-state index contributed by atoms with van der Waals surface area (Å²) in [6.45, 7) is 1.78. The molecule has 106 valence electrons. The van der Waals surface area contributed by atoms with Crippen LogP contribution in [-0.2, 0) is 11.2 Å². The van der Waals surface area contributed by atoms with Gasteiger partial charge < -0.3 is 15.3 Å². The van der Waals surface area contributed by atoms with E-state index in [0.717, 1.165) is 5.56 Å². The summed E-state index contributed by atoms with van der Waals surface area (Å²) in [6, 6.07) is 9.33. The Bertz CT molecular complexity index is 386. The molecule has 0 radical (unpaired) electrons. The minimum atomic E-state index is -1.75. The highest BCUT2D eigenvalue weighted by Gasteiger charge is 2.30. The molecular weight excluding hydrogens is 244 g/mol. The fourth-order valence-corrected chi connectivity index (χ4v) is 2.03. The van der Waals surface area contributed by atoms with E-state index in [1.54, 1.807) is 6.92 Å². The van der Waals surface area contributed by atoms with Crippen molar-refractivity contribution in [2.24, 2.45) is 5.92 Å². The number of hydrogen-bond donors (Lipinski definition) is 3. The average molecular weight is 266 g/mol. The van der Waals surface area contributed by atoms with Gasteiger partial charge in [-0.15, -0.1) is 0 Å². The van der Waals surface area contributed by atoms with Crippen LogP contribution in [0.1, 0.15) is 38.2 Å². The number of hydrogen-bond acceptors (Lipinski definition) is 3. The summed E-state index contributed by atoms with van der Waals surface area (Å²) in [5.74, 6) is -2.84. The van der Waals surface area contributed by atoms with E-state index in [1.165, 1.54) is 0 Å². The molecule has 0 aliphatic heterocycles. The number of carboxylic acids is 1. The fraction of sp³-hybridized carbons (Fsp3) is 0.533. The Hall–Kier alpha value is -1.39. The Morgan fingerprint density at radius 1 is 1.21 bits per heavy atom. The van der Waals surface area contributed by atoms with Crippen LogP contribution >= 0.6 is 0 Å². The van der Waals surface area contributed by atoms with E-state index in [4.69, 9.17) is 5.11 Å². The number of rotatable bonds is 8. The summed E-state index contributed by atoms with van der Waals surface area (Å²) in [5.41, 5.74) is 0.880. The lowest BCUT2D eigenvalue weighted by Gasteiger charge is -2.29. The number of carbonyl (C=O) groups is 1. The standard InChI is InChI=1S/C15H22O4/c1-12(7-5-6-10-14(16)17)15(18,19)11-13-8-3-2-4-9-13/h2-4,8-9,12,18-19H,5-7,10-11H2,1H3,(H,16,17). The number of carboxylic acid groups (broad SMARTS) is 1. The molecule has 1 aromatic rings. The van der Waals surface area contributed by atoms with Gasteiger partial charge in [0, 0.05) is 18.8 Å². The number of aliphatic hydroxyl groups is 2. The van der Waals surface area contributed by atoms with E-state index in [0.29, 0.717) is 19.3 Å². The third-order valence-electron chi connectivity index (χ3n) is 3.37. The summed E-state index contributed by atoms with van der Waals surface area (Å²) in [7, 11) is 0. The summed E-state index contributed by atoms with van der Waals surface area (Å²) in [4.78, 5) is 10.4. The molecule has 1 aromatic carbocycles. The molecule has 1 unspecified atom stereocenters. The minimum absolute atomic E-state index is 0.134. The third-order valence-corrected chi connectivity index (χ3v) is 3.37. The monoisotopic (exact) mass is 266 g/mol. The Morgan fingerprint density at radius 3 is 2.42 bits per heavy atom. The van der Waals surface area contributed by atoms with E-state index in [9.17, 15) is 15.0 Å². The molecule has 0 heterocycles. The molecule has 4 heteroatoms. The van der Waals surface area contributed by atoms with E-state index < -0.39 is 11.8 Å². The van der Waals surface area contributed by atoms with Crippen LogP contribution in [0.5, 0.6) is 0 Å². The van der Waals surface area contributed by atoms with Gasteiger partial charge in [0.1, 0.15) is 0 Å². The van der Waals surface area contributed by atoms with Gasteiger partial charge >= 0.3 is 5.97 Å². The van der Waals surface area contributed by atoms with Crippen molar-refractivity contribution in [1.82, 2.24) is 0 Å². The molecule has 4 nitrogen and oxygen atoms in total. The topological polar surface area (TPSA) is 77.8 Å². The largest absolute Gasteiger partial charge is 0.481 e. The summed E-state index contributed by atoms with van der Waals surface area (Å²) in [5, 5.41) is 28.7. The molecule has 1 rings (SSSR count). The molecule has 0 aliphatic carbocycles. The van der Waals surface area contributed by atoms with Gasteiger partial charge in [0.05, 0.1) is 0 Å². The summed E-state index contributed by atoms with van der Waals surface area (Å²) < 4.78 is 0. The first kappa shape index (κ1) is 15.7. The van der Waals surface area contributed by atoms with Crippen LogP contribution in [0.15, 0.2) is 30.3 Å². The fourth-order valence-electron chi connectivity index (χ4n) is 2.03. The molecule has 3 N–H and O–H groups in total. The number of unbranched alkanes of at least 4 members (excludes halogenated alkanes) is 1. The highest BCUT2D eigenvalue weighted by atomic mass is 16.5. The normalized spacial score (nSPS) is 13.2. The van der Waals surface area contributed by atoms with E-state index in [-0.39, 0.29) is 18.8 Å². The van der Waals surface area contributed by atoms with E-state index in [2.05, 4.69) is 0 Å². The van der Waals surface area contributed by atoms with Crippen molar-refractivity contribution in [2.45, 2.75) is 44.8 Å². The van der Waals surface area contributed by atoms with Gasteiger partial charge in [-0.2, -0.15) is 0 Å². The molecule has 0 saturated carbocycles. The Balaban J connectivity index is 2.40. The SMILES string of the molecule is CC(CCCCC(=O)O)C(O)(O)Cc1ccccc1. The highest BCUT2D eigenvalue weighted by molar-refractivity contribution is 5.66. The Morgan fingerprint density at radius 2 is 1.84 bits per heavy atom. The highest BCUT2D eigenvalue weighted by Crippen LogP contribution is 2.24. The predicted octanol–water partition coefficient (Wildman–Crippen LogP) is 2.19. The molecule has 0 bridgehead atoms. The quantitative estimate of drug-likeness (QED) is 0.498. The van der Waals surface area contributed by atoms with Crippen LogP contribution < -0.4 is 0 Å². The maximum absolute atomic E-state index is 10.4. The molecule has 0 fully saturated rings. The van der Waals surface area contributed by atoms with Crippen molar-refractivity contribution in [2.75, 3.05) is 0 Å². The molecular formula is C15H22O4. The third kappa shape index (κ3) is 5.85. The number of aliphatic carboxylic acids is 1. The Labute approximate surface area is 113 Å². The Kier molecular flexibility index (Phi) is 5.99. The van der Waals surface area contributed by atoms with Gasteiger partial charge in [0.2, 0.25) is 0 Å². The average Bonchev–Trinajstić information content (AvgIpc) is 2.34. The first-order chi connectivity index (χ1) is 8.92. The second kappa shape index (κ2) is 7.26. The van der Waals surface area contributed by atoms with E-state index >= 15 is 0 Å². The van der Waals surface area contributed by atoms with Crippen LogP contribution in [-0.4, -0.2) is 27.1 Å². The van der Waals surface area contributed by atoms with Gasteiger partial charge in [-0.25, -0.2) is 0 Å². The van der Waals surface area contributed by atoms with Crippen LogP contribution in [0.3, 0.4) is 0 Å². The van der Waals surface area contributed by atoms with Crippen LogP contribution in [0.2, 0.25) is 0 Å². The van der Waals surface area contributed by atoms with Gasteiger partial charge in [-0.05, 0) is 18.4 Å². The summed E-state index contributed by atoms with van der Waals surface area (Å²) in [6.07, 6.45) is 2.18. The van der Waals surface area contributed by atoms with Crippen molar-refractivity contribution in [3.63, 3.8) is 0 Å². The van der Waals surface area contributed by atoms with Crippen molar-refractivity contribution in [3.8, 4) is 0 Å². The maximum Gasteiger partial charge on any atom is 0.303 e. The second-order valence-corrected chi connectivity index (χ2v) is 5.08. The molecule has 0 saturated heterocycles. The van der Waals surface area contributed by atoms with Crippen LogP contribution in [0.25, 0.3) is 0 Å². The first-order valence-corrected chi connectivity index (χ1v) is 6.62. The molecule has 19 heavy (non-hydrogen) atoms. The molecule has 0 aromatic heterocycles. The lowest BCUT2D eigenvalue weighted by atomic mass is 9.89. The lowest BCUT2D eigenvalue weighted by molar-refractivity contribution is -0.196. The van der Waals surface area contributed by atoms with Crippen molar-refractivity contribution >= 4 is 5.97 Å². The van der Waals surface area contributed by atoms with Crippen molar-refractivity contribution in [3.05, 3.63) is 35.9 Å². The smallest absolute Gasteiger partial charge is 0.303 e. The van der Waals surface area contributed by atoms with Gasteiger partial charge in [-0.1, -0.05) is 43.7 Å². The zero-order valence-corrected chi connectivity index (χ0v) is 11.2. The van der Waals surface area contributed by atoms with Gasteiger partial charge in [0.25, 0.3) is 0 Å². The van der Waals surface area contributed by atoms with E-state index in [1.807, 2.05) is 30.3 Å². The first-order valence-electron chi connectivity index (χ1n) is 6.62. The van der Waals surface area contributed by atoms with Crippen molar-refractivity contribution in [1.29, 1.82) is 0 Å². The van der Waals surface area contributed by atoms with Crippen LogP contribution in [0.4, 0.5) is 0 Å². The number of benzene rings is 1. The van der Waals surface area contributed by atoms with Crippen molar-refractivity contribution < 1.29 is 20.1 Å². The predicted molar refractivity (Wildman–Crippen MR) is 72.6 cm³/mol. The van der Waals surface area contributed by atoms with Gasteiger partial charge in [0.15, 0.2) is 5.79 Å². The lowest BCUT2D eigenvalue weighted by Crippen LogP contribution is -2.38. The minimum Gasteiger partial charge on any atom is -0.481 e. The molecule has 1 atom stereocenters. The maximum atomic E-state index is 10.4. The second-order valence-electron chi connectivity index (χ2n) is 5.08. The van der Waals surface area contributed by atoms with Gasteiger partial charge in [-0.3, -0.25) is 4.79 Å². The van der Waals surface area contributed by atoms with Crippen LogP contribution in [0, 0.1) is 5.92 Å². The molecule has 0 spiro atoms.